The minimum atomic E-state index is -4.74. The number of alkyl halides is 6. The van der Waals surface area contributed by atoms with Gasteiger partial charge in [-0.2, -0.15) is 36.3 Å². The lowest BCUT2D eigenvalue weighted by Crippen LogP contribution is -2.31. The Labute approximate surface area is 179 Å². The molecule has 2 amide bonds. The van der Waals surface area contributed by atoms with Gasteiger partial charge in [0.25, 0.3) is 0 Å². The summed E-state index contributed by atoms with van der Waals surface area (Å²) in [5.74, 6) is -2.00. The Morgan fingerprint density at radius 1 is 1.13 bits per heavy atom. The molecule has 0 saturated heterocycles. The van der Waals surface area contributed by atoms with Gasteiger partial charge in [-0.3, -0.25) is 10.2 Å². The minimum absolute atomic E-state index is 0.182. The van der Waals surface area contributed by atoms with Crippen molar-refractivity contribution >= 4 is 39.9 Å². The van der Waals surface area contributed by atoms with Crippen LogP contribution in [0.5, 0.6) is 17.5 Å². The van der Waals surface area contributed by atoms with E-state index in [4.69, 9.17) is 16.3 Å². The normalized spacial score (nSPS) is 11.8. The van der Waals surface area contributed by atoms with E-state index in [2.05, 4.69) is 24.8 Å². The molecule has 0 aliphatic rings. The third-order valence-corrected chi connectivity index (χ3v) is 4.61. The van der Waals surface area contributed by atoms with Gasteiger partial charge in [0.1, 0.15) is 5.00 Å². The van der Waals surface area contributed by atoms with Gasteiger partial charge in [-0.05, 0) is 0 Å². The summed E-state index contributed by atoms with van der Waals surface area (Å²) in [4.78, 5) is 20.5. The molecule has 2 rings (SSSR count). The second-order valence-corrected chi connectivity index (χ2v) is 6.85. The van der Waals surface area contributed by atoms with Crippen molar-refractivity contribution in [3.05, 3.63) is 16.5 Å². The molecule has 0 radical (unpaired) electrons. The van der Waals surface area contributed by atoms with Gasteiger partial charge >= 0.3 is 18.4 Å². The van der Waals surface area contributed by atoms with Crippen LogP contribution in [0.25, 0.3) is 0 Å². The molecule has 0 aliphatic heterocycles. The Morgan fingerprint density at radius 2 is 1.65 bits per heavy atom. The van der Waals surface area contributed by atoms with Gasteiger partial charge in [0.15, 0.2) is 19.0 Å². The van der Waals surface area contributed by atoms with E-state index in [-0.39, 0.29) is 15.8 Å². The SMILES string of the molecule is COc1c(Cl)csc1N(C)C(=O)Nc1nc(OCC(F)(F)F)cc(OCC(F)(F)F)n1. The van der Waals surface area contributed by atoms with E-state index in [0.29, 0.717) is 6.07 Å². The maximum absolute atomic E-state index is 12.4. The van der Waals surface area contributed by atoms with E-state index in [9.17, 15) is 31.1 Å². The van der Waals surface area contributed by atoms with Crippen LogP contribution in [0.3, 0.4) is 0 Å². The standard InChI is InChI=1S/C15H13ClF6N4O4S/c1-26(11-10(28-2)7(16)4-31-11)13(27)25-12-23-8(29-5-14(17,18)19)3-9(24-12)30-6-15(20,21)22/h3-4H,5-6H2,1-2H3,(H,23,24,25,27). The number of carbonyl (C=O) groups is 1. The summed E-state index contributed by atoms with van der Waals surface area (Å²) >= 11 is 6.97. The fourth-order valence-electron chi connectivity index (χ4n) is 1.92. The van der Waals surface area contributed by atoms with E-state index in [1.54, 1.807) is 0 Å². The van der Waals surface area contributed by atoms with Crippen LogP contribution in [-0.4, -0.2) is 55.7 Å². The average molecular weight is 495 g/mol. The Morgan fingerprint density at radius 3 is 2.10 bits per heavy atom. The third-order valence-electron chi connectivity index (χ3n) is 3.16. The highest BCUT2D eigenvalue weighted by atomic mass is 35.5. The van der Waals surface area contributed by atoms with Crippen LogP contribution in [0, 0.1) is 0 Å². The van der Waals surface area contributed by atoms with Crippen LogP contribution in [0.1, 0.15) is 0 Å². The van der Waals surface area contributed by atoms with Crippen molar-refractivity contribution in [1.82, 2.24) is 9.97 Å². The average Bonchev–Trinajstić information content (AvgIpc) is 3.03. The molecule has 2 aromatic heterocycles. The zero-order chi connectivity index (χ0) is 23.4. The van der Waals surface area contributed by atoms with Crippen LogP contribution in [-0.2, 0) is 0 Å². The van der Waals surface area contributed by atoms with Gasteiger partial charge in [-0.1, -0.05) is 11.6 Å². The first-order chi connectivity index (χ1) is 14.3. The van der Waals surface area contributed by atoms with Gasteiger partial charge in [0.2, 0.25) is 17.7 Å². The van der Waals surface area contributed by atoms with Crippen molar-refractivity contribution in [2.24, 2.45) is 0 Å². The van der Waals surface area contributed by atoms with E-state index in [0.717, 1.165) is 16.2 Å². The molecule has 0 spiro atoms. The lowest BCUT2D eigenvalue weighted by molar-refractivity contribution is -0.154. The number of urea groups is 1. The minimum Gasteiger partial charge on any atom is -0.492 e. The molecule has 0 aliphatic carbocycles. The van der Waals surface area contributed by atoms with Crippen LogP contribution < -0.4 is 24.4 Å². The molecular formula is C15H13ClF6N4O4S. The van der Waals surface area contributed by atoms with Crippen molar-refractivity contribution < 1.29 is 45.3 Å². The fraction of sp³-hybridized carbons (Fsp3) is 0.400. The second kappa shape index (κ2) is 9.64. The molecule has 0 fully saturated rings. The number of carbonyl (C=O) groups excluding carboxylic acids is 1. The molecule has 2 aromatic rings. The molecular weight excluding hydrogens is 482 g/mol. The quantitative estimate of drug-likeness (QED) is 0.559. The highest BCUT2D eigenvalue weighted by molar-refractivity contribution is 7.15. The zero-order valence-electron chi connectivity index (χ0n) is 15.6. The number of anilines is 2. The maximum Gasteiger partial charge on any atom is 0.422 e. The van der Waals surface area contributed by atoms with Crippen molar-refractivity contribution in [2.75, 3.05) is 37.6 Å². The summed E-state index contributed by atoms with van der Waals surface area (Å²) < 4.78 is 88.2. The van der Waals surface area contributed by atoms with Crippen LogP contribution in [0.4, 0.5) is 42.1 Å². The lowest BCUT2D eigenvalue weighted by Gasteiger charge is -2.18. The first kappa shape index (κ1) is 24.6. The number of amides is 2. The summed E-state index contributed by atoms with van der Waals surface area (Å²) in [7, 11) is 2.63. The zero-order valence-corrected chi connectivity index (χ0v) is 17.2. The molecule has 172 valence electrons. The number of methoxy groups -OCH3 is 1. The van der Waals surface area contributed by atoms with Crippen LogP contribution in [0.2, 0.25) is 5.02 Å². The van der Waals surface area contributed by atoms with Crippen LogP contribution >= 0.6 is 22.9 Å². The number of ether oxygens (including phenoxy) is 3. The molecule has 8 nitrogen and oxygen atoms in total. The third kappa shape index (κ3) is 7.50. The molecule has 31 heavy (non-hydrogen) atoms. The molecule has 0 aromatic carbocycles. The topological polar surface area (TPSA) is 85.8 Å². The molecule has 0 unspecified atom stereocenters. The summed E-state index contributed by atoms with van der Waals surface area (Å²) in [6.45, 7) is -3.55. The molecule has 2 heterocycles. The maximum atomic E-state index is 12.4. The molecule has 0 saturated carbocycles. The highest BCUT2D eigenvalue weighted by Gasteiger charge is 2.31. The predicted molar refractivity (Wildman–Crippen MR) is 98.4 cm³/mol. The Kier molecular flexibility index (Phi) is 7.64. The number of rotatable bonds is 7. The van der Waals surface area contributed by atoms with E-state index >= 15 is 0 Å². The van der Waals surface area contributed by atoms with Gasteiger partial charge in [0.05, 0.1) is 18.2 Å². The second-order valence-electron chi connectivity index (χ2n) is 5.59. The molecule has 1 N–H and O–H groups in total. The number of nitrogens with one attached hydrogen (secondary N) is 1. The number of aromatic nitrogens is 2. The molecule has 0 bridgehead atoms. The Hall–Kier alpha value is -2.68. The van der Waals surface area contributed by atoms with E-state index in [1.165, 1.54) is 19.5 Å². The van der Waals surface area contributed by atoms with Crippen molar-refractivity contribution in [3.63, 3.8) is 0 Å². The van der Waals surface area contributed by atoms with Crippen molar-refractivity contribution in [2.45, 2.75) is 12.4 Å². The number of halogens is 7. The number of hydrogen-bond acceptors (Lipinski definition) is 7. The van der Waals surface area contributed by atoms with E-state index in [1.807, 2.05) is 0 Å². The number of thiophene rings is 1. The smallest absolute Gasteiger partial charge is 0.422 e. The largest absolute Gasteiger partial charge is 0.492 e. The summed E-state index contributed by atoms with van der Waals surface area (Å²) in [5.41, 5.74) is 0. The summed E-state index contributed by atoms with van der Waals surface area (Å²) in [6, 6.07) is -0.273. The first-order valence-corrected chi connectivity index (χ1v) is 9.18. The Balaban J connectivity index is 2.24. The molecule has 0 atom stereocenters. The van der Waals surface area contributed by atoms with Crippen LogP contribution in [0.15, 0.2) is 11.4 Å². The summed E-state index contributed by atoms with van der Waals surface area (Å²) in [6.07, 6.45) is -9.48. The lowest BCUT2D eigenvalue weighted by atomic mass is 10.5. The van der Waals surface area contributed by atoms with Gasteiger partial charge in [-0.15, -0.1) is 11.3 Å². The predicted octanol–water partition coefficient (Wildman–Crippen LogP) is 4.75. The van der Waals surface area contributed by atoms with Crippen molar-refractivity contribution in [3.8, 4) is 17.5 Å². The van der Waals surface area contributed by atoms with Gasteiger partial charge in [-0.25, -0.2) is 4.79 Å². The first-order valence-electron chi connectivity index (χ1n) is 7.93. The number of hydrogen-bond donors (Lipinski definition) is 1. The monoisotopic (exact) mass is 494 g/mol. The fourth-order valence-corrected chi connectivity index (χ4v) is 3.14. The van der Waals surface area contributed by atoms with Crippen molar-refractivity contribution in [1.29, 1.82) is 0 Å². The Bertz CT molecular complexity index is 888. The highest BCUT2D eigenvalue weighted by Crippen LogP contribution is 2.41. The number of nitrogens with zero attached hydrogens (tertiary/aromatic N) is 3. The molecule has 16 heteroatoms. The van der Waals surface area contributed by atoms with E-state index < -0.39 is 49.3 Å². The van der Waals surface area contributed by atoms with Gasteiger partial charge < -0.3 is 14.2 Å². The summed E-state index contributed by atoms with van der Waals surface area (Å²) in [5, 5.41) is 4.11. The van der Waals surface area contributed by atoms with Gasteiger partial charge in [0, 0.05) is 12.4 Å².